The number of sulfonamides is 1. The molecule has 0 unspecified atom stereocenters. The van der Waals surface area contributed by atoms with Crippen molar-refractivity contribution < 1.29 is 17.7 Å². The first kappa shape index (κ1) is 18.5. The van der Waals surface area contributed by atoms with Crippen molar-refractivity contribution in [1.29, 1.82) is 0 Å². The predicted octanol–water partition coefficient (Wildman–Crippen LogP) is 3.48. The molecule has 1 aromatic heterocycles. The molecule has 3 aromatic rings. The minimum atomic E-state index is -3.82. The predicted molar refractivity (Wildman–Crippen MR) is 106 cm³/mol. The summed E-state index contributed by atoms with van der Waals surface area (Å²) < 4.78 is 33.6. The largest absolute Gasteiger partial charge is 0.355 e. The maximum atomic E-state index is 12.9. The molecule has 1 saturated heterocycles. The SMILES string of the molecule is Cc1ccc(NS(=O)(=O)c2ccc3onc(C(=O)N4CCCC4)c3c2)c(C)c1. The Kier molecular flexibility index (Phi) is 4.58. The molecule has 0 radical (unpaired) electrons. The molecule has 2 heterocycles. The molecule has 1 N–H and O–H groups in total. The van der Waals surface area contributed by atoms with Gasteiger partial charge in [-0.2, -0.15) is 0 Å². The number of fused-ring (bicyclic) bond motifs is 1. The van der Waals surface area contributed by atoms with Crippen LogP contribution >= 0.6 is 0 Å². The number of carbonyl (C=O) groups is 1. The van der Waals surface area contributed by atoms with Crippen LogP contribution in [0, 0.1) is 13.8 Å². The number of benzene rings is 2. The molecule has 0 saturated carbocycles. The van der Waals surface area contributed by atoms with Gasteiger partial charge in [-0.05, 0) is 56.5 Å². The first-order chi connectivity index (χ1) is 13.3. The summed E-state index contributed by atoms with van der Waals surface area (Å²) in [5, 5.41) is 4.29. The number of aryl methyl sites for hydroxylation is 2. The van der Waals surface area contributed by atoms with E-state index in [0.717, 1.165) is 24.0 Å². The van der Waals surface area contributed by atoms with Crippen molar-refractivity contribution in [2.75, 3.05) is 17.8 Å². The third-order valence-corrected chi connectivity index (χ3v) is 6.34. The van der Waals surface area contributed by atoms with E-state index in [1.54, 1.807) is 11.0 Å². The highest BCUT2D eigenvalue weighted by Crippen LogP contribution is 2.26. The second-order valence-electron chi connectivity index (χ2n) is 7.11. The molecule has 4 rings (SSSR count). The van der Waals surface area contributed by atoms with E-state index < -0.39 is 10.0 Å². The molecular formula is C20H21N3O4S. The Morgan fingerprint density at radius 1 is 1.11 bits per heavy atom. The Morgan fingerprint density at radius 2 is 1.86 bits per heavy atom. The Morgan fingerprint density at radius 3 is 2.57 bits per heavy atom. The van der Waals surface area contributed by atoms with Crippen molar-refractivity contribution >= 4 is 32.6 Å². The van der Waals surface area contributed by atoms with Gasteiger partial charge in [0.15, 0.2) is 11.3 Å². The average Bonchev–Trinajstić information content (AvgIpc) is 3.32. The summed E-state index contributed by atoms with van der Waals surface area (Å²) in [4.78, 5) is 14.5. The lowest BCUT2D eigenvalue weighted by Gasteiger charge is -2.13. The highest BCUT2D eigenvalue weighted by molar-refractivity contribution is 7.92. The second kappa shape index (κ2) is 6.94. The zero-order valence-electron chi connectivity index (χ0n) is 15.7. The molecule has 1 aliphatic heterocycles. The number of nitrogens with one attached hydrogen (secondary N) is 1. The van der Waals surface area contributed by atoms with Crippen molar-refractivity contribution in [3.05, 3.63) is 53.2 Å². The fraction of sp³-hybridized carbons (Fsp3) is 0.300. The van der Waals surface area contributed by atoms with E-state index in [4.69, 9.17) is 4.52 Å². The van der Waals surface area contributed by atoms with Crippen LogP contribution in [0.5, 0.6) is 0 Å². The summed E-state index contributed by atoms with van der Waals surface area (Å²) in [6, 6.07) is 9.92. The van der Waals surface area contributed by atoms with Gasteiger partial charge in [0.05, 0.1) is 16.0 Å². The number of aromatic nitrogens is 1. The van der Waals surface area contributed by atoms with Gasteiger partial charge in [0, 0.05) is 13.1 Å². The van der Waals surface area contributed by atoms with Gasteiger partial charge in [0.2, 0.25) is 0 Å². The maximum Gasteiger partial charge on any atom is 0.276 e. The Bertz CT molecular complexity index is 1160. The summed E-state index contributed by atoms with van der Waals surface area (Å²) in [5.74, 6) is -0.229. The number of hydrogen-bond donors (Lipinski definition) is 1. The van der Waals surface area contributed by atoms with Gasteiger partial charge in [-0.25, -0.2) is 8.42 Å². The van der Waals surface area contributed by atoms with Gasteiger partial charge in [-0.1, -0.05) is 22.9 Å². The molecular weight excluding hydrogens is 378 g/mol. The van der Waals surface area contributed by atoms with E-state index in [1.165, 1.54) is 18.2 Å². The lowest BCUT2D eigenvalue weighted by atomic mass is 10.1. The van der Waals surface area contributed by atoms with Crippen LogP contribution < -0.4 is 4.72 Å². The molecule has 1 amide bonds. The van der Waals surface area contributed by atoms with Crippen LogP contribution in [0.1, 0.15) is 34.5 Å². The zero-order valence-corrected chi connectivity index (χ0v) is 16.5. The smallest absolute Gasteiger partial charge is 0.276 e. The summed E-state index contributed by atoms with van der Waals surface area (Å²) in [7, 11) is -3.82. The van der Waals surface area contributed by atoms with Crippen molar-refractivity contribution in [2.24, 2.45) is 0 Å². The molecule has 0 aliphatic carbocycles. The van der Waals surface area contributed by atoms with E-state index in [1.807, 2.05) is 26.0 Å². The van der Waals surface area contributed by atoms with Crippen molar-refractivity contribution in [3.8, 4) is 0 Å². The molecule has 1 fully saturated rings. The topological polar surface area (TPSA) is 92.5 Å². The lowest BCUT2D eigenvalue weighted by molar-refractivity contribution is 0.0784. The Labute approximate surface area is 163 Å². The van der Waals surface area contributed by atoms with Crippen LogP contribution in [-0.2, 0) is 10.0 Å². The third-order valence-electron chi connectivity index (χ3n) is 4.97. The number of amides is 1. The van der Waals surface area contributed by atoms with Gasteiger partial charge in [-0.15, -0.1) is 0 Å². The van der Waals surface area contributed by atoms with Crippen molar-refractivity contribution in [1.82, 2.24) is 10.1 Å². The van der Waals surface area contributed by atoms with Gasteiger partial charge in [0.25, 0.3) is 15.9 Å². The van der Waals surface area contributed by atoms with E-state index in [2.05, 4.69) is 9.88 Å². The van der Waals surface area contributed by atoms with Crippen LogP contribution in [0.3, 0.4) is 0 Å². The number of nitrogens with zero attached hydrogens (tertiary/aromatic N) is 2. The molecule has 7 nitrogen and oxygen atoms in total. The summed E-state index contributed by atoms with van der Waals surface area (Å²) in [6.07, 6.45) is 1.92. The molecule has 0 spiro atoms. The van der Waals surface area contributed by atoms with E-state index in [0.29, 0.717) is 29.7 Å². The van der Waals surface area contributed by atoms with Gasteiger partial charge >= 0.3 is 0 Å². The average molecular weight is 399 g/mol. The second-order valence-corrected chi connectivity index (χ2v) is 8.79. The Hall–Kier alpha value is -2.87. The summed E-state index contributed by atoms with van der Waals surface area (Å²) in [5.41, 5.74) is 2.94. The molecule has 0 atom stereocenters. The molecule has 2 aromatic carbocycles. The molecule has 8 heteroatoms. The van der Waals surface area contributed by atoms with Crippen LogP contribution in [0.2, 0.25) is 0 Å². The van der Waals surface area contributed by atoms with Crippen molar-refractivity contribution in [2.45, 2.75) is 31.6 Å². The molecule has 0 bridgehead atoms. The fourth-order valence-corrected chi connectivity index (χ4v) is 4.60. The Balaban J connectivity index is 1.70. The monoisotopic (exact) mass is 399 g/mol. The summed E-state index contributed by atoms with van der Waals surface area (Å²) in [6.45, 7) is 5.16. The van der Waals surface area contributed by atoms with E-state index in [9.17, 15) is 13.2 Å². The van der Waals surface area contributed by atoms with Gasteiger partial charge in [-0.3, -0.25) is 9.52 Å². The highest BCUT2D eigenvalue weighted by Gasteiger charge is 2.26. The first-order valence-electron chi connectivity index (χ1n) is 9.14. The standard InChI is InChI=1S/C20H21N3O4S/c1-13-5-7-17(14(2)11-13)22-28(25,26)15-6-8-18-16(12-15)19(21-27-18)20(24)23-9-3-4-10-23/h5-8,11-12,22H,3-4,9-10H2,1-2H3. The number of rotatable bonds is 4. The van der Waals surface area contributed by atoms with Crippen LogP contribution in [0.25, 0.3) is 11.0 Å². The normalized spacial score (nSPS) is 14.6. The van der Waals surface area contributed by atoms with Crippen molar-refractivity contribution in [3.63, 3.8) is 0 Å². The first-order valence-corrected chi connectivity index (χ1v) is 10.6. The fourth-order valence-electron chi connectivity index (χ4n) is 3.44. The third kappa shape index (κ3) is 3.35. The number of likely N-dealkylation sites (tertiary alicyclic amines) is 1. The molecule has 28 heavy (non-hydrogen) atoms. The van der Waals surface area contributed by atoms with Gasteiger partial charge in [0.1, 0.15) is 0 Å². The van der Waals surface area contributed by atoms with Crippen LogP contribution in [0.4, 0.5) is 5.69 Å². The quantitative estimate of drug-likeness (QED) is 0.725. The highest BCUT2D eigenvalue weighted by atomic mass is 32.2. The number of hydrogen-bond acceptors (Lipinski definition) is 5. The van der Waals surface area contributed by atoms with Gasteiger partial charge < -0.3 is 9.42 Å². The number of anilines is 1. The van der Waals surface area contributed by atoms with E-state index >= 15 is 0 Å². The van der Waals surface area contributed by atoms with Crippen LogP contribution in [0.15, 0.2) is 45.8 Å². The zero-order chi connectivity index (χ0) is 19.9. The minimum Gasteiger partial charge on any atom is -0.355 e. The summed E-state index contributed by atoms with van der Waals surface area (Å²) >= 11 is 0. The molecule has 1 aliphatic rings. The molecule has 146 valence electrons. The van der Waals surface area contributed by atoms with Crippen LogP contribution in [-0.4, -0.2) is 37.5 Å². The lowest BCUT2D eigenvalue weighted by Crippen LogP contribution is -2.28. The number of carbonyl (C=O) groups excluding carboxylic acids is 1. The minimum absolute atomic E-state index is 0.0543. The maximum absolute atomic E-state index is 12.9. The van der Waals surface area contributed by atoms with E-state index in [-0.39, 0.29) is 16.5 Å².